The first-order chi connectivity index (χ1) is 5.43. The van der Waals surface area contributed by atoms with Gasteiger partial charge in [-0.05, 0) is 32.4 Å². The maximum absolute atomic E-state index is 5.42. The van der Waals surface area contributed by atoms with Crippen LogP contribution in [0.3, 0.4) is 0 Å². The lowest BCUT2D eigenvalue weighted by Gasteiger charge is -2.09. The summed E-state index contributed by atoms with van der Waals surface area (Å²) < 4.78 is 5.42. The molecule has 3 heteroatoms. The number of nitrogens with one attached hydrogen (secondary N) is 1. The minimum Gasteiger partial charge on any atom is -0.380 e. The quantitative estimate of drug-likeness (QED) is 0.558. The van der Waals surface area contributed by atoms with E-state index in [-0.39, 0.29) is 0 Å². The van der Waals surface area contributed by atoms with E-state index in [9.17, 15) is 0 Å². The summed E-state index contributed by atoms with van der Waals surface area (Å²) >= 11 is 0. The zero-order chi connectivity index (χ0) is 7.94. The van der Waals surface area contributed by atoms with Gasteiger partial charge in [-0.25, -0.2) is 0 Å². The van der Waals surface area contributed by atoms with Crippen molar-refractivity contribution in [3.63, 3.8) is 0 Å². The van der Waals surface area contributed by atoms with Crippen molar-refractivity contribution in [2.45, 2.75) is 25.3 Å². The molecule has 0 radical (unpaired) electrons. The van der Waals surface area contributed by atoms with Crippen LogP contribution in [0.1, 0.15) is 19.3 Å². The van der Waals surface area contributed by atoms with Crippen molar-refractivity contribution in [2.24, 2.45) is 5.73 Å². The van der Waals surface area contributed by atoms with Gasteiger partial charge in [-0.3, -0.25) is 0 Å². The first-order valence-corrected chi connectivity index (χ1v) is 4.44. The van der Waals surface area contributed by atoms with Crippen LogP contribution in [0, 0.1) is 0 Å². The number of nitrogens with two attached hydrogens (primary N) is 1. The Hall–Kier alpha value is -0.120. The van der Waals surface area contributed by atoms with Gasteiger partial charge in [0.25, 0.3) is 0 Å². The van der Waals surface area contributed by atoms with E-state index in [2.05, 4.69) is 5.32 Å². The van der Waals surface area contributed by atoms with Gasteiger partial charge >= 0.3 is 0 Å². The van der Waals surface area contributed by atoms with Crippen LogP contribution >= 0.6 is 0 Å². The largest absolute Gasteiger partial charge is 0.380 e. The molecule has 0 aromatic rings. The molecule has 66 valence electrons. The second-order valence-electron chi connectivity index (χ2n) is 3.01. The summed E-state index contributed by atoms with van der Waals surface area (Å²) in [7, 11) is 0. The van der Waals surface area contributed by atoms with E-state index in [1.807, 2.05) is 0 Å². The summed E-state index contributed by atoms with van der Waals surface area (Å²) in [5.74, 6) is 0. The predicted molar refractivity (Wildman–Crippen MR) is 45.5 cm³/mol. The van der Waals surface area contributed by atoms with Gasteiger partial charge < -0.3 is 15.8 Å². The second kappa shape index (κ2) is 5.52. The molecule has 0 saturated carbocycles. The molecule has 1 aliphatic rings. The van der Waals surface area contributed by atoms with E-state index in [4.69, 9.17) is 10.5 Å². The number of ether oxygens (including phenoxy) is 1. The van der Waals surface area contributed by atoms with Gasteiger partial charge in [0.2, 0.25) is 0 Å². The Labute approximate surface area is 68.3 Å². The molecule has 1 atom stereocenters. The summed E-state index contributed by atoms with van der Waals surface area (Å²) in [6.45, 7) is 3.57. The van der Waals surface area contributed by atoms with Crippen LogP contribution in [0.15, 0.2) is 0 Å². The number of hydrogen-bond acceptors (Lipinski definition) is 3. The predicted octanol–water partition coefficient (Wildman–Crippen LogP) is 0.104. The van der Waals surface area contributed by atoms with Crippen molar-refractivity contribution in [3.05, 3.63) is 0 Å². The molecule has 3 N–H and O–H groups in total. The third-order valence-corrected chi connectivity index (χ3v) is 1.97. The minimum atomic E-state index is 0.604. The maximum atomic E-state index is 5.42. The summed E-state index contributed by atoms with van der Waals surface area (Å²) in [5.41, 5.74) is 5.33. The molecule has 0 amide bonds. The maximum Gasteiger partial charge on any atom is 0.0619 e. The highest BCUT2D eigenvalue weighted by molar-refractivity contribution is 4.73. The number of hydrogen-bond donors (Lipinski definition) is 2. The molecule has 1 heterocycles. The fraction of sp³-hybridized carbons (Fsp3) is 1.00. The highest BCUT2D eigenvalue weighted by Gasteiger charge is 2.12. The van der Waals surface area contributed by atoms with E-state index >= 15 is 0 Å². The summed E-state index contributed by atoms with van der Waals surface area (Å²) in [5, 5.41) is 3.38. The van der Waals surface area contributed by atoms with Gasteiger partial charge in [0.15, 0.2) is 0 Å². The Morgan fingerprint density at radius 1 is 1.55 bits per heavy atom. The highest BCUT2D eigenvalue weighted by atomic mass is 16.5. The van der Waals surface area contributed by atoms with Gasteiger partial charge in [-0.2, -0.15) is 0 Å². The van der Waals surface area contributed by atoms with Crippen LogP contribution in [0.4, 0.5) is 0 Å². The van der Waals surface area contributed by atoms with Crippen LogP contribution in [0.2, 0.25) is 0 Å². The van der Waals surface area contributed by atoms with Crippen molar-refractivity contribution in [1.29, 1.82) is 0 Å². The molecule has 3 nitrogen and oxygen atoms in total. The standard InChI is InChI=1S/C8H18N2O/c9-4-2-6-11-7-8-3-1-5-10-8/h8,10H,1-7,9H2/t8-/m0/s1. The Bertz CT molecular complexity index is 92.1. The number of rotatable bonds is 5. The average molecular weight is 158 g/mol. The van der Waals surface area contributed by atoms with Crippen LogP contribution in [0.25, 0.3) is 0 Å². The lowest BCUT2D eigenvalue weighted by atomic mass is 10.2. The fourth-order valence-corrected chi connectivity index (χ4v) is 1.31. The van der Waals surface area contributed by atoms with Crippen molar-refractivity contribution in [2.75, 3.05) is 26.3 Å². The fourth-order valence-electron chi connectivity index (χ4n) is 1.31. The zero-order valence-corrected chi connectivity index (χ0v) is 7.01. The van der Waals surface area contributed by atoms with Crippen molar-refractivity contribution in [3.8, 4) is 0 Å². The minimum absolute atomic E-state index is 0.604. The van der Waals surface area contributed by atoms with E-state index in [0.29, 0.717) is 6.04 Å². The SMILES string of the molecule is NCCCOC[C@@H]1CCCN1. The van der Waals surface area contributed by atoms with Crippen molar-refractivity contribution < 1.29 is 4.74 Å². The molecule has 1 saturated heterocycles. The topological polar surface area (TPSA) is 47.3 Å². The summed E-state index contributed by atoms with van der Waals surface area (Å²) in [6, 6.07) is 0.604. The van der Waals surface area contributed by atoms with E-state index in [0.717, 1.165) is 32.7 Å². The van der Waals surface area contributed by atoms with Crippen LogP contribution in [0.5, 0.6) is 0 Å². The smallest absolute Gasteiger partial charge is 0.0619 e. The molecular weight excluding hydrogens is 140 g/mol. The van der Waals surface area contributed by atoms with Crippen LogP contribution in [-0.2, 0) is 4.74 Å². The lowest BCUT2D eigenvalue weighted by Crippen LogP contribution is -2.27. The Morgan fingerprint density at radius 2 is 2.45 bits per heavy atom. The van der Waals surface area contributed by atoms with Gasteiger partial charge in [-0.15, -0.1) is 0 Å². The summed E-state index contributed by atoms with van der Waals surface area (Å²) in [4.78, 5) is 0. The van der Waals surface area contributed by atoms with Crippen LogP contribution < -0.4 is 11.1 Å². The third-order valence-electron chi connectivity index (χ3n) is 1.97. The molecule has 0 unspecified atom stereocenters. The molecule has 1 rings (SSSR count). The zero-order valence-electron chi connectivity index (χ0n) is 7.01. The normalized spacial score (nSPS) is 24.3. The first-order valence-electron chi connectivity index (χ1n) is 4.44. The van der Waals surface area contributed by atoms with Gasteiger partial charge in [0.05, 0.1) is 6.61 Å². The lowest BCUT2D eigenvalue weighted by molar-refractivity contribution is 0.115. The van der Waals surface area contributed by atoms with Gasteiger partial charge in [0.1, 0.15) is 0 Å². The Balaban J connectivity index is 1.86. The second-order valence-corrected chi connectivity index (χ2v) is 3.01. The molecule has 0 aliphatic carbocycles. The van der Waals surface area contributed by atoms with Gasteiger partial charge in [-0.1, -0.05) is 0 Å². The van der Waals surface area contributed by atoms with E-state index in [1.54, 1.807) is 0 Å². The third kappa shape index (κ3) is 3.70. The molecule has 0 bridgehead atoms. The monoisotopic (exact) mass is 158 g/mol. The molecule has 0 aromatic carbocycles. The van der Waals surface area contributed by atoms with E-state index in [1.165, 1.54) is 12.8 Å². The molecule has 0 spiro atoms. The Morgan fingerprint density at radius 3 is 3.09 bits per heavy atom. The van der Waals surface area contributed by atoms with Gasteiger partial charge in [0, 0.05) is 12.6 Å². The molecule has 1 fully saturated rings. The molecule has 1 aliphatic heterocycles. The van der Waals surface area contributed by atoms with Crippen molar-refractivity contribution in [1.82, 2.24) is 5.32 Å². The average Bonchev–Trinajstić information content (AvgIpc) is 2.50. The van der Waals surface area contributed by atoms with E-state index < -0.39 is 0 Å². The molecule has 11 heavy (non-hydrogen) atoms. The summed E-state index contributed by atoms with van der Waals surface area (Å²) in [6.07, 6.45) is 3.54. The Kier molecular flexibility index (Phi) is 4.50. The van der Waals surface area contributed by atoms with Crippen LogP contribution in [-0.4, -0.2) is 32.3 Å². The highest BCUT2D eigenvalue weighted by Crippen LogP contribution is 2.04. The molecular formula is C8H18N2O. The molecule has 0 aromatic heterocycles. The first kappa shape index (κ1) is 8.97. The van der Waals surface area contributed by atoms with Crippen molar-refractivity contribution >= 4 is 0 Å².